The Morgan fingerprint density at radius 1 is 0.957 bits per heavy atom. The van der Waals surface area contributed by atoms with Gasteiger partial charge < -0.3 is 13.6 Å². The van der Waals surface area contributed by atoms with Crippen LogP contribution in [0.1, 0.15) is 29.8 Å². The Morgan fingerprint density at radius 2 is 1.52 bits per heavy atom. The first-order valence-electron chi connectivity index (χ1n) is 7.47. The Hall–Kier alpha value is -1.74. The highest BCUT2D eigenvalue weighted by Gasteiger charge is 2.31. The zero-order valence-electron chi connectivity index (χ0n) is 13.2. The van der Waals surface area contributed by atoms with E-state index in [2.05, 4.69) is 13.8 Å². The first kappa shape index (κ1) is 16.1. The molecule has 0 atom stereocenters. The van der Waals surface area contributed by atoms with Crippen LogP contribution in [0.15, 0.2) is 54.6 Å². The molecular formula is C18H19O4P. The normalized spacial score (nSPS) is 17.7. The second-order valence-corrected chi connectivity index (χ2v) is 7.39. The zero-order valence-corrected chi connectivity index (χ0v) is 14.1. The predicted molar refractivity (Wildman–Crippen MR) is 89.5 cm³/mol. The zero-order chi connectivity index (χ0) is 16.3. The van der Waals surface area contributed by atoms with E-state index in [1.807, 2.05) is 18.2 Å². The minimum Gasteiger partial charge on any atom is -0.427 e. The molecule has 0 amide bonds. The summed E-state index contributed by atoms with van der Waals surface area (Å²) in [6, 6.07) is 16.3. The van der Waals surface area contributed by atoms with E-state index in [1.165, 1.54) is 0 Å². The lowest BCUT2D eigenvalue weighted by Crippen LogP contribution is -2.28. The van der Waals surface area contributed by atoms with Gasteiger partial charge in [0.05, 0.1) is 13.2 Å². The molecule has 0 unspecified atom stereocenters. The summed E-state index contributed by atoms with van der Waals surface area (Å²) in [6.07, 6.45) is 0. The first-order chi connectivity index (χ1) is 11.0. The molecule has 0 aromatic heterocycles. The highest BCUT2D eigenvalue weighted by molar-refractivity contribution is 7.42. The summed E-state index contributed by atoms with van der Waals surface area (Å²) in [7, 11) is -1.36. The smallest absolute Gasteiger partial charge is 0.397 e. The molecule has 23 heavy (non-hydrogen) atoms. The number of rotatable bonds is 4. The molecular weight excluding hydrogens is 311 g/mol. The Morgan fingerprint density at radius 3 is 2.13 bits per heavy atom. The number of hydrogen-bond donors (Lipinski definition) is 0. The molecule has 3 rings (SSSR count). The average Bonchev–Trinajstić information content (AvgIpc) is 2.58. The fourth-order valence-electron chi connectivity index (χ4n) is 2.10. The van der Waals surface area contributed by atoms with E-state index >= 15 is 0 Å². The van der Waals surface area contributed by atoms with Gasteiger partial charge >= 0.3 is 8.60 Å². The number of benzene rings is 2. The van der Waals surface area contributed by atoms with Gasteiger partial charge in [-0.15, -0.1) is 0 Å². The number of ketones is 1. The summed E-state index contributed by atoms with van der Waals surface area (Å²) < 4.78 is 16.9. The number of hydrogen-bond acceptors (Lipinski definition) is 4. The van der Waals surface area contributed by atoms with Gasteiger partial charge in [0.2, 0.25) is 0 Å². The van der Waals surface area contributed by atoms with E-state index < -0.39 is 8.60 Å². The lowest BCUT2D eigenvalue weighted by Gasteiger charge is -2.32. The van der Waals surface area contributed by atoms with E-state index in [1.54, 1.807) is 36.4 Å². The minimum absolute atomic E-state index is 0.00483. The molecule has 5 heteroatoms. The molecule has 4 nitrogen and oxygen atoms in total. The number of carbonyl (C=O) groups is 1. The van der Waals surface area contributed by atoms with Crippen LogP contribution in [0.2, 0.25) is 0 Å². The van der Waals surface area contributed by atoms with Gasteiger partial charge in [0.15, 0.2) is 5.78 Å². The Bertz CT molecular complexity index is 657. The summed E-state index contributed by atoms with van der Waals surface area (Å²) >= 11 is 0. The predicted octanol–water partition coefficient (Wildman–Crippen LogP) is 4.60. The van der Waals surface area contributed by atoms with Crippen LogP contribution in [0, 0.1) is 5.41 Å². The lowest BCUT2D eigenvalue weighted by atomic mass is 9.97. The lowest BCUT2D eigenvalue weighted by molar-refractivity contribution is 0.0426. The van der Waals surface area contributed by atoms with Crippen molar-refractivity contribution in [2.75, 3.05) is 13.2 Å². The van der Waals surface area contributed by atoms with Crippen molar-refractivity contribution in [3.8, 4) is 5.75 Å². The van der Waals surface area contributed by atoms with Crippen LogP contribution in [-0.4, -0.2) is 19.0 Å². The molecule has 0 radical (unpaired) electrons. The largest absolute Gasteiger partial charge is 0.427 e. The van der Waals surface area contributed by atoms with Gasteiger partial charge in [-0.05, 0) is 24.3 Å². The molecule has 1 fully saturated rings. The van der Waals surface area contributed by atoms with E-state index in [4.69, 9.17) is 13.6 Å². The number of carbonyl (C=O) groups excluding carboxylic acids is 1. The Labute approximate surface area is 137 Å². The molecule has 0 aliphatic carbocycles. The maximum absolute atomic E-state index is 12.3. The molecule has 1 aliphatic heterocycles. The van der Waals surface area contributed by atoms with Crippen molar-refractivity contribution in [2.24, 2.45) is 5.41 Å². The van der Waals surface area contributed by atoms with Gasteiger partial charge in [0, 0.05) is 16.5 Å². The molecule has 1 aliphatic rings. The van der Waals surface area contributed by atoms with Crippen LogP contribution >= 0.6 is 8.60 Å². The Balaban J connectivity index is 1.63. The van der Waals surface area contributed by atoms with Crippen molar-refractivity contribution < 1.29 is 18.4 Å². The first-order valence-corrected chi connectivity index (χ1v) is 8.57. The fraction of sp³-hybridized carbons (Fsp3) is 0.278. The topological polar surface area (TPSA) is 44.8 Å². The average molecular weight is 330 g/mol. The van der Waals surface area contributed by atoms with Crippen molar-refractivity contribution in [2.45, 2.75) is 13.8 Å². The SMILES string of the molecule is CC1(C)COP(Oc2ccc(C(=O)c3ccccc3)cc2)OC1. The summed E-state index contributed by atoms with van der Waals surface area (Å²) in [5.41, 5.74) is 1.32. The highest BCUT2D eigenvalue weighted by atomic mass is 31.2. The molecule has 0 saturated carbocycles. The van der Waals surface area contributed by atoms with Gasteiger partial charge in [0.1, 0.15) is 5.75 Å². The van der Waals surface area contributed by atoms with Crippen LogP contribution in [-0.2, 0) is 9.05 Å². The Kier molecular flexibility index (Phi) is 4.76. The third-order valence-electron chi connectivity index (χ3n) is 3.45. The van der Waals surface area contributed by atoms with E-state index in [0.29, 0.717) is 30.1 Å². The van der Waals surface area contributed by atoms with Gasteiger partial charge in [0.25, 0.3) is 0 Å². The summed E-state index contributed by atoms with van der Waals surface area (Å²) in [6.45, 7) is 5.40. The summed E-state index contributed by atoms with van der Waals surface area (Å²) in [5, 5.41) is 0. The maximum Gasteiger partial charge on any atom is 0.397 e. The molecule has 2 aromatic rings. The monoisotopic (exact) mass is 330 g/mol. The molecule has 1 saturated heterocycles. The molecule has 1 heterocycles. The third kappa shape index (κ3) is 4.17. The van der Waals surface area contributed by atoms with E-state index in [0.717, 1.165) is 0 Å². The molecule has 0 spiro atoms. The van der Waals surface area contributed by atoms with Gasteiger partial charge in [-0.1, -0.05) is 44.2 Å². The second kappa shape index (κ2) is 6.79. The quantitative estimate of drug-likeness (QED) is 0.607. The molecule has 2 aromatic carbocycles. The standard InChI is InChI=1S/C18H19O4P/c1-18(2)12-20-23(21-13-18)22-16-10-8-15(9-11-16)17(19)14-6-4-3-5-7-14/h3-11H,12-13H2,1-2H3. The fourth-order valence-corrected chi connectivity index (χ4v) is 3.48. The van der Waals surface area contributed by atoms with Crippen LogP contribution in [0.4, 0.5) is 0 Å². The van der Waals surface area contributed by atoms with Crippen LogP contribution in [0.25, 0.3) is 0 Å². The van der Waals surface area contributed by atoms with E-state index in [-0.39, 0.29) is 11.2 Å². The third-order valence-corrected chi connectivity index (χ3v) is 4.49. The van der Waals surface area contributed by atoms with Crippen molar-refractivity contribution >= 4 is 14.4 Å². The van der Waals surface area contributed by atoms with Crippen molar-refractivity contribution in [1.82, 2.24) is 0 Å². The van der Waals surface area contributed by atoms with Crippen LogP contribution < -0.4 is 4.52 Å². The molecule has 120 valence electrons. The van der Waals surface area contributed by atoms with E-state index in [9.17, 15) is 4.79 Å². The minimum atomic E-state index is -1.36. The molecule has 0 N–H and O–H groups in total. The summed E-state index contributed by atoms with van der Waals surface area (Å²) in [4.78, 5) is 12.3. The van der Waals surface area contributed by atoms with Crippen molar-refractivity contribution in [1.29, 1.82) is 0 Å². The highest BCUT2D eigenvalue weighted by Crippen LogP contribution is 2.46. The summed E-state index contributed by atoms with van der Waals surface area (Å²) in [5.74, 6) is 0.634. The van der Waals surface area contributed by atoms with Crippen molar-refractivity contribution in [3.63, 3.8) is 0 Å². The van der Waals surface area contributed by atoms with Crippen LogP contribution in [0.5, 0.6) is 5.75 Å². The maximum atomic E-state index is 12.3. The second-order valence-electron chi connectivity index (χ2n) is 6.25. The van der Waals surface area contributed by atoms with Crippen LogP contribution in [0.3, 0.4) is 0 Å². The molecule has 0 bridgehead atoms. The van der Waals surface area contributed by atoms with Gasteiger partial charge in [-0.3, -0.25) is 4.79 Å². The van der Waals surface area contributed by atoms with Gasteiger partial charge in [-0.25, -0.2) is 0 Å². The van der Waals surface area contributed by atoms with Crippen molar-refractivity contribution in [3.05, 3.63) is 65.7 Å². The van der Waals surface area contributed by atoms with Gasteiger partial charge in [-0.2, -0.15) is 0 Å².